The van der Waals surface area contributed by atoms with Crippen LogP contribution in [0, 0.1) is 13.8 Å². The highest BCUT2D eigenvalue weighted by atomic mass is 16.6. The highest BCUT2D eigenvalue weighted by Crippen LogP contribution is 2.26. The maximum Gasteiger partial charge on any atom is 0.408 e. The average molecular weight is 584 g/mol. The Kier molecular flexibility index (Phi) is 12.8. The molecule has 0 saturated carbocycles. The Morgan fingerprint density at radius 2 is 1.64 bits per heavy atom. The topological polar surface area (TPSA) is 134 Å². The standard InChI is InChI=1S/C32H45N3O7/c1-8-9-10-17-35(28(29(38)33-20-27(37)41-7)24-14-11-21(2)22(3)18-24)30(39)26(34-31(40)42-32(4,5)6)19-23-12-15-25(36)16-13-23/h11-16,18,26,28,36H,8-10,17,19-20H2,1-7H3,(H,33,38)(H,34,40). The van der Waals surface area contributed by atoms with Crippen molar-refractivity contribution < 1.29 is 33.8 Å². The zero-order valence-electron chi connectivity index (χ0n) is 25.8. The van der Waals surface area contributed by atoms with Crippen LogP contribution in [0.1, 0.15) is 75.3 Å². The van der Waals surface area contributed by atoms with Gasteiger partial charge in [-0.05, 0) is 75.4 Å². The molecular weight excluding hydrogens is 538 g/mol. The molecule has 0 aliphatic heterocycles. The van der Waals surface area contributed by atoms with Crippen LogP contribution in [0.2, 0.25) is 0 Å². The minimum Gasteiger partial charge on any atom is -0.508 e. The lowest BCUT2D eigenvalue weighted by atomic mass is 9.97. The van der Waals surface area contributed by atoms with E-state index >= 15 is 0 Å². The van der Waals surface area contributed by atoms with Gasteiger partial charge < -0.3 is 30.1 Å². The molecule has 0 aromatic heterocycles. The summed E-state index contributed by atoms with van der Waals surface area (Å²) < 4.78 is 10.2. The maximum atomic E-state index is 14.4. The van der Waals surface area contributed by atoms with Gasteiger partial charge in [-0.25, -0.2) is 4.79 Å². The van der Waals surface area contributed by atoms with E-state index in [0.29, 0.717) is 17.5 Å². The predicted octanol–water partition coefficient (Wildman–Crippen LogP) is 4.49. The zero-order valence-corrected chi connectivity index (χ0v) is 25.8. The Balaban J connectivity index is 2.59. The SMILES string of the molecule is CCCCCN(C(=O)C(Cc1ccc(O)cc1)NC(=O)OC(C)(C)C)C(C(=O)NCC(=O)OC)c1ccc(C)c(C)c1. The molecular formula is C32H45N3O7. The van der Waals surface area contributed by atoms with Gasteiger partial charge in [-0.2, -0.15) is 0 Å². The summed E-state index contributed by atoms with van der Waals surface area (Å²) in [5.74, 6) is -1.58. The van der Waals surface area contributed by atoms with Gasteiger partial charge in [0.2, 0.25) is 11.8 Å². The van der Waals surface area contributed by atoms with Crippen LogP contribution in [0.4, 0.5) is 4.79 Å². The molecule has 2 unspecified atom stereocenters. The number of nitrogens with zero attached hydrogens (tertiary/aromatic N) is 1. The number of hydrogen-bond donors (Lipinski definition) is 3. The number of carbonyl (C=O) groups is 4. The van der Waals surface area contributed by atoms with Crippen molar-refractivity contribution in [2.24, 2.45) is 0 Å². The number of esters is 1. The van der Waals surface area contributed by atoms with E-state index in [1.807, 2.05) is 32.9 Å². The van der Waals surface area contributed by atoms with E-state index in [2.05, 4.69) is 10.6 Å². The van der Waals surface area contributed by atoms with Crippen molar-refractivity contribution in [1.82, 2.24) is 15.5 Å². The van der Waals surface area contributed by atoms with Gasteiger partial charge in [0.05, 0.1) is 7.11 Å². The first-order valence-corrected chi connectivity index (χ1v) is 14.2. The number of carbonyl (C=O) groups excluding carboxylic acids is 4. The number of aryl methyl sites for hydroxylation is 2. The molecule has 10 nitrogen and oxygen atoms in total. The first-order valence-electron chi connectivity index (χ1n) is 14.2. The number of ether oxygens (including phenoxy) is 2. The van der Waals surface area contributed by atoms with Gasteiger partial charge in [0, 0.05) is 13.0 Å². The van der Waals surface area contributed by atoms with Gasteiger partial charge >= 0.3 is 12.1 Å². The highest BCUT2D eigenvalue weighted by Gasteiger charge is 2.36. The fourth-order valence-corrected chi connectivity index (χ4v) is 4.35. The summed E-state index contributed by atoms with van der Waals surface area (Å²) in [4.78, 5) is 54.3. The van der Waals surface area contributed by atoms with Crippen LogP contribution in [0.25, 0.3) is 0 Å². The lowest BCUT2D eigenvalue weighted by Crippen LogP contribution is -2.54. The molecule has 0 aliphatic carbocycles. The molecule has 10 heteroatoms. The van der Waals surface area contributed by atoms with Crippen LogP contribution in [0.3, 0.4) is 0 Å². The second-order valence-electron chi connectivity index (χ2n) is 11.3. The number of hydrogen-bond acceptors (Lipinski definition) is 7. The van der Waals surface area contributed by atoms with Crippen molar-refractivity contribution in [2.45, 2.75) is 84.9 Å². The molecule has 0 heterocycles. The molecule has 42 heavy (non-hydrogen) atoms. The lowest BCUT2D eigenvalue weighted by molar-refractivity contribution is -0.144. The molecule has 0 spiro atoms. The summed E-state index contributed by atoms with van der Waals surface area (Å²) in [6.45, 7) is 11.0. The minimum atomic E-state index is -1.09. The molecule has 0 radical (unpaired) electrons. The summed E-state index contributed by atoms with van der Waals surface area (Å²) in [5.41, 5.74) is 2.42. The lowest BCUT2D eigenvalue weighted by Gasteiger charge is -2.35. The normalized spacial score (nSPS) is 12.5. The number of benzene rings is 2. The van der Waals surface area contributed by atoms with Crippen LogP contribution in [0.5, 0.6) is 5.75 Å². The van der Waals surface area contributed by atoms with Crippen molar-refractivity contribution in [1.29, 1.82) is 0 Å². The summed E-state index contributed by atoms with van der Waals surface area (Å²) >= 11 is 0. The molecule has 0 aliphatic rings. The van der Waals surface area contributed by atoms with E-state index < -0.39 is 41.6 Å². The Labute approximate surface area is 248 Å². The Morgan fingerprint density at radius 1 is 0.976 bits per heavy atom. The second-order valence-corrected chi connectivity index (χ2v) is 11.3. The van der Waals surface area contributed by atoms with Gasteiger partial charge in [-0.1, -0.05) is 50.1 Å². The predicted molar refractivity (Wildman–Crippen MR) is 160 cm³/mol. The molecule has 2 rings (SSSR count). The van der Waals surface area contributed by atoms with Gasteiger partial charge in [-0.3, -0.25) is 14.4 Å². The van der Waals surface area contributed by atoms with Crippen LogP contribution in [-0.4, -0.2) is 65.7 Å². The van der Waals surface area contributed by atoms with Gasteiger partial charge in [0.15, 0.2) is 0 Å². The van der Waals surface area contributed by atoms with E-state index in [-0.39, 0.29) is 25.3 Å². The van der Waals surface area contributed by atoms with E-state index in [1.165, 1.54) is 24.1 Å². The number of phenolic OH excluding ortho intramolecular Hbond substituents is 1. The van der Waals surface area contributed by atoms with Crippen molar-refractivity contribution in [3.8, 4) is 5.75 Å². The number of phenols is 1. The van der Waals surface area contributed by atoms with E-state index in [4.69, 9.17) is 9.47 Å². The highest BCUT2D eigenvalue weighted by molar-refractivity contribution is 5.93. The first-order chi connectivity index (χ1) is 19.7. The number of nitrogens with one attached hydrogen (secondary N) is 2. The molecule has 0 saturated heterocycles. The summed E-state index contributed by atoms with van der Waals surface area (Å²) in [6, 6.07) is 9.69. The van der Waals surface area contributed by atoms with Gasteiger partial charge in [0.1, 0.15) is 30.0 Å². The minimum absolute atomic E-state index is 0.0694. The number of unbranched alkanes of at least 4 members (excludes halogenated alkanes) is 2. The van der Waals surface area contributed by atoms with Crippen molar-refractivity contribution >= 4 is 23.9 Å². The molecule has 0 bridgehead atoms. The quantitative estimate of drug-likeness (QED) is 0.234. The number of aromatic hydroxyl groups is 1. The molecule has 2 aromatic carbocycles. The zero-order chi connectivity index (χ0) is 31.4. The van der Waals surface area contributed by atoms with Crippen LogP contribution < -0.4 is 10.6 Å². The molecule has 230 valence electrons. The van der Waals surface area contributed by atoms with E-state index in [0.717, 1.165) is 24.0 Å². The maximum absolute atomic E-state index is 14.4. The van der Waals surface area contributed by atoms with Crippen LogP contribution in [-0.2, 0) is 30.3 Å². The summed E-state index contributed by atoms with van der Waals surface area (Å²) in [6.07, 6.45) is 1.64. The smallest absolute Gasteiger partial charge is 0.408 e. The van der Waals surface area contributed by atoms with Crippen molar-refractivity contribution in [2.75, 3.05) is 20.2 Å². The summed E-state index contributed by atoms with van der Waals surface area (Å²) in [5, 5.41) is 15.1. The van der Waals surface area contributed by atoms with E-state index in [9.17, 15) is 24.3 Å². The summed E-state index contributed by atoms with van der Waals surface area (Å²) in [7, 11) is 1.23. The first kappa shape index (κ1) is 34.1. The third-order valence-corrected chi connectivity index (χ3v) is 6.69. The molecule has 2 atom stereocenters. The van der Waals surface area contributed by atoms with Crippen LogP contribution >= 0.6 is 0 Å². The molecule has 3 N–H and O–H groups in total. The fourth-order valence-electron chi connectivity index (χ4n) is 4.35. The number of amides is 3. The Hall–Kier alpha value is -4.08. The molecule has 2 aromatic rings. The molecule has 0 fully saturated rings. The van der Waals surface area contributed by atoms with Crippen molar-refractivity contribution in [3.05, 3.63) is 64.7 Å². The number of methoxy groups -OCH3 is 1. The van der Waals surface area contributed by atoms with Gasteiger partial charge in [-0.15, -0.1) is 0 Å². The van der Waals surface area contributed by atoms with Gasteiger partial charge in [0.25, 0.3) is 0 Å². The number of alkyl carbamates (subject to hydrolysis) is 1. The van der Waals surface area contributed by atoms with Crippen LogP contribution in [0.15, 0.2) is 42.5 Å². The Morgan fingerprint density at radius 3 is 2.21 bits per heavy atom. The van der Waals surface area contributed by atoms with Crippen molar-refractivity contribution in [3.63, 3.8) is 0 Å². The largest absolute Gasteiger partial charge is 0.508 e. The monoisotopic (exact) mass is 583 g/mol. The fraction of sp³-hybridized carbons (Fsp3) is 0.500. The third kappa shape index (κ3) is 10.7. The van der Waals surface area contributed by atoms with E-state index in [1.54, 1.807) is 39.0 Å². The third-order valence-electron chi connectivity index (χ3n) is 6.69. The number of rotatable bonds is 13. The average Bonchev–Trinajstić information content (AvgIpc) is 2.92. The second kappa shape index (κ2) is 15.8. The molecule has 3 amide bonds. The Bertz CT molecular complexity index is 1220.